The van der Waals surface area contributed by atoms with E-state index >= 15 is 0 Å². The van der Waals surface area contributed by atoms with Crippen molar-refractivity contribution in [2.24, 2.45) is 0 Å². The maximum Gasteiger partial charge on any atom is 0.337 e. The SMILES string of the molecule is CCCN1CCCC(c2cccc(C(=O)OC)c2)C1.Cl. The lowest BCUT2D eigenvalue weighted by molar-refractivity contribution is 0.0600. The van der Waals surface area contributed by atoms with Crippen LogP contribution in [0.25, 0.3) is 0 Å². The smallest absolute Gasteiger partial charge is 0.337 e. The number of hydrogen-bond acceptors (Lipinski definition) is 3. The monoisotopic (exact) mass is 297 g/mol. The zero-order chi connectivity index (χ0) is 13.7. The van der Waals surface area contributed by atoms with Crippen molar-refractivity contribution in [3.8, 4) is 0 Å². The molecular weight excluding hydrogens is 274 g/mol. The Bertz CT molecular complexity index is 434. The number of piperidine rings is 1. The summed E-state index contributed by atoms with van der Waals surface area (Å²) in [5.74, 6) is 0.299. The van der Waals surface area contributed by atoms with Crippen molar-refractivity contribution in [2.75, 3.05) is 26.7 Å². The van der Waals surface area contributed by atoms with E-state index in [-0.39, 0.29) is 18.4 Å². The molecule has 1 aliphatic heterocycles. The van der Waals surface area contributed by atoms with Crippen LogP contribution in [-0.2, 0) is 4.74 Å². The average molecular weight is 298 g/mol. The number of hydrogen-bond donors (Lipinski definition) is 0. The molecule has 2 rings (SSSR count). The molecule has 1 aromatic carbocycles. The highest BCUT2D eigenvalue weighted by molar-refractivity contribution is 5.89. The third-order valence-electron chi connectivity index (χ3n) is 3.82. The van der Waals surface area contributed by atoms with Gasteiger partial charge in [-0.1, -0.05) is 19.1 Å². The van der Waals surface area contributed by atoms with Crippen molar-refractivity contribution < 1.29 is 9.53 Å². The van der Waals surface area contributed by atoms with Crippen LogP contribution in [0, 0.1) is 0 Å². The minimum atomic E-state index is -0.247. The summed E-state index contributed by atoms with van der Waals surface area (Å²) in [5, 5.41) is 0. The summed E-state index contributed by atoms with van der Waals surface area (Å²) in [7, 11) is 1.43. The Morgan fingerprint density at radius 2 is 2.25 bits per heavy atom. The van der Waals surface area contributed by atoms with E-state index in [1.165, 1.54) is 45.0 Å². The van der Waals surface area contributed by atoms with Gasteiger partial charge in [0.15, 0.2) is 0 Å². The van der Waals surface area contributed by atoms with E-state index in [0.717, 1.165) is 6.54 Å². The fourth-order valence-electron chi connectivity index (χ4n) is 2.88. The molecule has 1 saturated heterocycles. The molecule has 0 radical (unpaired) electrons. The van der Waals surface area contributed by atoms with Crippen molar-refractivity contribution in [2.45, 2.75) is 32.1 Å². The van der Waals surface area contributed by atoms with E-state index < -0.39 is 0 Å². The molecule has 1 aliphatic rings. The van der Waals surface area contributed by atoms with E-state index in [0.29, 0.717) is 11.5 Å². The van der Waals surface area contributed by atoms with Crippen LogP contribution in [-0.4, -0.2) is 37.6 Å². The first-order valence-electron chi connectivity index (χ1n) is 7.15. The molecule has 0 aliphatic carbocycles. The van der Waals surface area contributed by atoms with Crippen LogP contribution in [0.4, 0.5) is 0 Å². The normalized spacial score (nSPS) is 19.2. The number of benzene rings is 1. The third-order valence-corrected chi connectivity index (χ3v) is 3.82. The van der Waals surface area contributed by atoms with Crippen molar-refractivity contribution in [1.82, 2.24) is 4.90 Å². The lowest BCUT2D eigenvalue weighted by Gasteiger charge is -2.32. The molecule has 20 heavy (non-hydrogen) atoms. The Labute approximate surface area is 127 Å². The highest BCUT2D eigenvalue weighted by Crippen LogP contribution is 2.27. The minimum absolute atomic E-state index is 0. The van der Waals surface area contributed by atoms with Crippen molar-refractivity contribution in [1.29, 1.82) is 0 Å². The zero-order valence-electron chi connectivity index (χ0n) is 12.3. The standard InChI is InChI=1S/C16H23NO2.ClH/c1-3-9-17-10-5-8-15(12-17)13-6-4-7-14(11-13)16(18)19-2;/h4,6-7,11,15H,3,5,8-10,12H2,1-2H3;1H. The van der Waals surface area contributed by atoms with Crippen LogP contribution in [0.15, 0.2) is 24.3 Å². The molecule has 1 aromatic rings. The van der Waals surface area contributed by atoms with Gasteiger partial charge < -0.3 is 9.64 Å². The van der Waals surface area contributed by atoms with E-state index in [2.05, 4.69) is 17.9 Å². The van der Waals surface area contributed by atoms with Crippen LogP contribution in [0.2, 0.25) is 0 Å². The quantitative estimate of drug-likeness (QED) is 0.797. The summed E-state index contributed by atoms with van der Waals surface area (Å²) in [6, 6.07) is 7.90. The van der Waals surface area contributed by atoms with Crippen LogP contribution in [0.1, 0.15) is 48.0 Å². The van der Waals surface area contributed by atoms with Gasteiger partial charge in [-0.05, 0) is 56.0 Å². The molecular formula is C16H24ClNO2. The number of methoxy groups -OCH3 is 1. The van der Waals surface area contributed by atoms with Crippen LogP contribution in [0.3, 0.4) is 0 Å². The van der Waals surface area contributed by atoms with Crippen LogP contribution in [0.5, 0.6) is 0 Å². The van der Waals surface area contributed by atoms with E-state index in [1.54, 1.807) is 0 Å². The van der Waals surface area contributed by atoms with Crippen molar-refractivity contribution >= 4 is 18.4 Å². The number of esters is 1. The molecule has 1 atom stereocenters. The minimum Gasteiger partial charge on any atom is -0.465 e. The molecule has 0 spiro atoms. The highest BCUT2D eigenvalue weighted by atomic mass is 35.5. The number of halogens is 1. The van der Waals surface area contributed by atoms with Gasteiger partial charge in [-0.3, -0.25) is 0 Å². The summed E-state index contributed by atoms with van der Waals surface area (Å²) in [6.45, 7) is 5.72. The second kappa shape index (κ2) is 8.28. The topological polar surface area (TPSA) is 29.5 Å². The molecule has 0 aromatic heterocycles. The van der Waals surface area contributed by atoms with Gasteiger partial charge in [0.1, 0.15) is 0 Å². The molecule has 0 bridgehead atoms. The summed E-state index contributed by atoms with van der Waals surface area (Å²) in [5.41, 5.74) is 1.93. The highest BCUT2D eigenvalue weighted by Gasteiger charge is 2.21. The lowest BCUT2D eigenvalue weighted by Crippen LogP contribution is -2.34. The number of rotatable bonds is 4. The van der Waals surface area contributed by atoms with E-state index in [4.69, 9.17) is 4.74 Å². The molecule has 0 N–H and O–H groups in total. The second-order valence-corrected chi connectivity index (χ2v) is 5.26. The second-order valence-electron chi connectivity index (χ2n) is 5.26. The van der Waals surface area contributed by atoms with Crippen LogP contribution >= 0.6 is 12.4 Å². The maximum atomic E-state index is 11.6. The number of ether oxygens (including phenoxy) is 1. The fourth-order valence-corrected chi connectivity index (χ4v) is 2.88. The zero-order valence-corrected chi connectivity index (χ0v) is 13.1. The first-order valence-corrected chi connectivity index (χ1v) is 7.15. The molecule has 1 heterocycles. The van der Waals surface area contributed by atoms with Gasteiger partial charge in [-0.15, -0.1) is 12.4 Å². The Kier molecular flexibility index (Phi) is 7.03. The summed E-state index contributed by atoms with van der Waals surface area (Å²) < 4.78 is 4.79. The predicted octanol–water partition coefficient (Wildman–Crippen LogP) is 3.48. The molecule has 112 valence electrons. The largest absolute Gasteiger partial charge is 0.465 e. The lowest BCUT2D eigenvalue weighted by atomic mass is 9.89. The number of likely N-dealkylation sites (tertiary alicyclic amines) is 1. The van der Waals surface area contributed by atoms with Crippen molar-refractivity contribution in [3.05, 3.63) is 35.4 Å². The van der Waals surface area contributed by atoms with Gasteiger partial charge in [-0.25, -0.2) is 4.79 Å². The first-order chi connectivity index (χ1) is 9.24. The Morgan fingerprint density at radius 1 is 1.45 bits per heavy atom. The van der Waals surface area contributed by atoms with Gasteiger partial charge >= 0.3 is 5.97 Å². The summed E-state index contributed by atoms with van der Waals surface area (Å²) in [4.78, 5) is 14.1. The molecule has 4 heteroatoms. The number of nitrogens with zero attached hydrogens (tertiary/aromatic N) is 1. The first kappa shape index (κ1) is 17.0. The Morgan fingerprint density at radius 3 is 2.95 bits per heavy atom. The van der Waals surface area contributed by atoms with E-state index in [9.17, 15) is 4.79 Å². The number of carbonyl (C=O) groups excluding carboxylic acids is 1. The molecule has 3 nitrogen and oxygen atoms in total. The Balaban J connectivity index is 0.00000200. The third kappa shape index (κ3) is 4.22. The molecule has 1 fully saturated rings. The molecule has 0 saturated carbocycles. The van der Waals surface area contributed by atoms with Gasteiger partial charge in [0.05, 0.1) is 12.7 Å². The van der Waals surface area contributed by atoms with Crippen LogP contribution < -0.4 is 0 Å². The fraction of sp³-hybridized carbons (Fsp3) is 0.562. The van der Waals surface area contributed by atoms with Gasteiger partial charge in [-0.2, -0.15) is 0 Å². The predicted molar refractivity (Wildman–Crippen MR) is 83.7 cm³/mol. The molecule has 0 amide bonds. The molecule has 1 unspecified atom stereocenters. The van der Waals surface area contributed by atoms with Gasteiger partial charge in [0, 0.05) is 6.54 Å². The summed E-state index contributed by atoms with van der Waals surface area (Å²) in [6.07, 6.45) is 3.66. The van der Waals surface area contributed by atoms with Crippen molar-refractivity contribution in [3.63, 3.8) is 0 Å². The van der Waals surface area contributed by atoms with E-state index in [1.807, 2.05) is 18.2 Å². The summed E-state index contributed by atoms with van der Waals surface area (Å²) >= 11 is 0. The average Bonchev–Trinajstić information content (AvgIpc) is 2.47. The number of carbonyl (C=O) groups is 1. The van der Waals surface area contributed by atoms with Gasteiger partial charge in [0.25, 0.3) is 0 Å². The maximum absolute atomic E-state index is 11.6. The Hall–Kier alpha value is -1.06. The van der Waals surface area contributed by atoms with Gasteiger partial charge in [0.2, 0.25) is 0 Å².